The van der Waals surface area contributed by atoms with Crippen LogP contribution in [0, 0.1) is 11.3 Å². The molecule has 1 aliphatic rings. The minimum Gasteiger partial charge on any atom is -0.342 e. The van der Waals surface area contributed by atoms with Crippen LogP contribution in [0.25, 0.3) is 0 Å². The third-order valence-corrected chi connectivity index (χ3v) is 4.84. The van der Waals surface area contributed by atoms with Crippen molar-refractivity contribution in [2.45, 2.75) is 45.8 Å². The molecular formula is C18H26ClF3N2O. The molecule has 2 atom stereocenters. The maximum absolute atomic E-state index is 12.8. The topological polar surface area (TPSA) is 46.3 Å². The second-order valence-corrected chi connectivity index (χ2v) is 7.45. The molecule has 0 radical (unpaired) electrons. The number of halogens is 4. The maximum atomic E-state index is 12.8. The van der Waals surface area contributed by atoms with Gasteiger partial charge in [0.25, 0.3) is 0 Å². The standard InChI is InChI=1S/C18H25F3N2O.ClH/c1-12(9-13-5-4-6-14(10-13)18(19,20)21)16(24)23-8-7-15(22)17(2,3)11-23;/h4-6,10,12,15H,7-9,11,22H2,1-3H3;1H. The van der Waals surface area contributed by atoms with Crippen LogP contribution < -0.4 is 5.73 Å². The number of amides is 1. The van der Waals surface area contributed by atoms with Gasteiger partial charge in [-0.05, 0) is 29.9 Å². The number of rotatable bonds is 3. The van der Waals surface area contributed by atoms with Gasteiger partial charge < -0.3 is 10.6 Å². The molecule has 1 heterocycles. The van der Waals surface area contributed by atoms with Crippen LogP contribution in [0.15, 0.2) is 24.3 Å². The highest BCUT2D eigenvalue weighted by molar-refractivity contribution is 5.85. The van der Waals surface area contributed by atoms with Gasteiger partial charge >= 0.3 is 6.18 Å². The van der Waals surface area contributed by atoms with Crippen LogP contribution in [0.4, 0.5) is 13.2 Å². The van der Waals surface area contributed by atoms with Crippen LogP contribution in [0.3, 0.4) is 0 Å². The normalized spacial score (nSPS) is 21.4. The number of hydrogen-bond donors (Lipinski definition) is 1. The van der Waals surface area contributed by atoms with Gasteiger partial charge in [-0.1, -0.05) is 39.0 Å². The summed E-state index contributed by atoms with van der Waals surface area (Å²) >= 11 is 0. The molecule has 2 rings (SSSR count). The molecule has 0 aromatic heterocycles. The highest BCUT2D eigenvalue weighted by Gasteiger charge is 2.36. The lowest BCUT2D eigenvalue weighted by Crippen LogP contribution is -2.55. The minimum absolute atomic E-state index is 0. The zero-order valence-electron chi connectivity index (χ0n) is 14.8. The maximum Gasteiger partial charge on any atom is 0.416 e. The van der Waals surface area contributed by atoms with Crippen molar-refractivity contribution >= 4 is 18.3 Å². The summed E-state index contributed by atoms with van der Waals surface area (Å²) in [6.07, 6.45) is -3.32. The van der Waals surface area contributed by atoms with E-state index in [-0.39, 0.29) is 35.7 Å². The van der Waals surface area contributed by atoms with Crippen molar-refractivity contribution in [2.75, 3.05) is 13.1 Å². The molecular weight excluding hydrogens is 353 g/mol. The smallest absolute Gasteiger partial charge is 0.342 e. The number of nitrogens with two attached hydrogens (primary N) is 1. The van der Waals surface area contributed by atoms with Crippen molar-refractivity contribution in [1.82, 2.24) is 4.90 Å². The van der Waals surface area contributed by atoms with E-state index in [1.807, 2.05) is 13.8 Å². The van der Waals surface area contributed by atoms with Crippen molar-refractivity contribution in [3.05, 3.63) is 35.4 Å². The first-order valence-electron chi connectivity index (χ1n) is 8.21. The Labute approximate surface area is 153 Å². The number of nitrogens with zero attached hydrogens (tertiary/aromatic N) is 1. The van der Waals surface area contributed by atoms with Crippen molar-refractivity contribution in [3.8, 4) is 0 Å². The number of benzene rings is 1. The number of hydrogen-bond acceptors (Lipinski definition) is 2. The van der Waals surface area contributed by atoms with Gasteiger partial charge in [-0.3, -0.25) is 4.79 Å². The lowest BCUT2D eigenvalue weighted by Gasteiger charge is -2.43. The average Bonchev–Trinajstić information content (AvgIpc) is 2.48. The van der Waals surface area contributed by atoms with Crippen molar-refractivity contribution in [2.24, 2.45) is 17.1 Å². The van der Waals surface area contributed by atoms with E-state index in [1.165, 1.54) is 6.07 Å². The van der Waals surface area contributed by atoms with Gasteiger partial charge in [-0.15, -0.1) is 12.4 Å². The van der Waals surface area contributed by atoms with Gasteiger partial charge in [0.2, 0.25) is 5.91 Å². The number of carbonyl (C=O) groups excluding carboxylic acids is 1. The molecule has 2 N–H and O–H groups in total. The predicted molar refractivity (Wildman–Crippen MR) is 94.5 cm³/mol. The molecule has 25 heavy (non-hydrogen) atoms. The highest BCUT2D eigenvalue weighted by atomic mass is 35.5. The first kappa shape index (κ1) is 21.8. The quantitative estimate of drug-likeness (QED) is 0.867. The Morgan fingerprint density at radius 1 is 1.40 bits per heavy atom. The molecule has 1 amide bonds. The minimum atomic E-state index is -4.36. The largest absolute Gasteiger partial charge is 0.416 e. The summed E-state index contributed by atoms with van der Waals surface area (Å²) in [4.78, 5) is 14.4. The predicted octanol–water partition coefficient (Wildman–Crippen LogP) is 3.89. The van der Waals surface area contributed by atoms with Crippen LogP contribution >= 0.6 is 12.4 Å². The van der Waals surface area contributed by atoms with E-state index in [4.69, 9.17) is 5.73 Å². The summed E-state index contributed by atoms with van der Waals surface area (Å²) in [5, 5.41) is 0. The molecule has 1 fully saturated rings. The first-order valence-corrected chi connectivity index (χ1v) is 8.21. The molecule has 1 aromatic carbocycles. The summed E-state index contributed by atoms with van der Waals surface area (Å²) in [5.74, 6) is -0.383. The van der Waals surface area contributed by atoms with E-state index in [2.05, 4.69) is 0 Å². The second kappa shape index (κ2) is 7.96. The Hall–Kier alpha value is -1.27. The van der Waals surface area contributed by atoms with Crippen LogP contribution in [0.5, 0.6) is 0 Å². The Kier molecular flexibility index (Phi) is 6.93. The van der Waals surface area contributed by atoms with Gasteiger partial charge in [0.05, 0.1) is 5.56 Å². The lowest BCUT2D eigenvalue weighted by molar-refractivity contribution is -0.138. The van der Waals surface area contributed by atoms with Crippen LogP contribution in [-0.2, 0) is 17.4 Å². The van der Waals surface area contributed by atoms with E-state index < -0.39 is 11.7 Å². The van der Waals surface area contributed by atoms with Gasteiger partial charge in [-0.25, -0.2) is 0 Å². The SMILES string of the molecule is CC(Cc1cccc(C(F)(F)F)c1)C(=O)N1CCC(N)C(C)(C)C1.Cl. The van der Waals surface area contributed by atoms with E-state index in [9.17, 15) is 18.0 Å². The van der Waals surface area contributed by atoms with Crippen LogP contribution in [0.2, 0.25) is 0 Å². The van der Waals surface area contributed by atoms with Crippen molar-refractivity contribution in [1.29, 1.82) is 0 Å². The number of carbonyl (C=O) groups is 1. The van der Waals surface area contributed by atoms with E-state index in [1.54, 1.807) is 17.9 Å². The molecule has 2 unspecified atom stereocenters. The van der Waals surface area contributed by atoms with Gasteiger partial charge in [0, 0.05) is 25.0 Å². The zero-order valence-corrected chi connectivity index (χ0v) is 15.6. The average molecular weight is 379 g/mol. The van der Waals surface area contributed by atoms with Crippen LogP contribution in [-0.4, -0.2) is 29.9 Å². The molecule has 0 bridgehead atoms. The fourth-order valence-corrected chi connectivity index (χ4v) is 3.19. The summed E-state index contributed by atoms with van der Waals surface area (Å²) in [5.41, 5.74) is 5.79. The van der Waals surface area contributed by atoms with E-state index in [0.717, 1.165) is 18.6 Å². The monoisotopic (exact) mass is 378 g/mol. The molecule has 7 heteroatoms. The van der Waals surface area contributed by atoms with Crippen LogP contribution in [0.1, 0.15) is 38.3 Å². The fraction of sp³-hybridized carbons (Fsp3) is 0.611. The molecule has 1 aliphatic heterocycles. The molecule has 1 aromatic rings. The Morgan fingerprint density at radius 2 is 2.04 bits per heavy atom. The Bertz CT molecular complexity index is 604. The van der Waals surface area contributed by atoms with Gasteiger partial charge in [-0.2, -0.15) is 13.2 Å². The van der Waals surface area contributed by atoms with Gasteiger partial charge in [0.1, 0.15) is 0 Å². The molecule has 0 spiro atoms. The summed E-state index contributed by atoms with van der Waals surface area (Å²) in [6, 6.07) is 5.25. The third-order valence-electron chi connectivity index (χ3n) is 4.84. The van der Waals surface area contributed by atoms with E-state index in [0.29, 0.717) is 25.1 Å². The summed E-state index contributed by atoms with van der Waals surface area (Å²) in [6.45, 7) is 7.03. The highest BCUT2D eigenvalue weighted by Crippen LogP contribution is 2.31. The molecule has 1 saturated heterocycles. The zero-order chi connectivity index (χ0) is 18.1. The Balaban J connectivity index is 0.00000312. The summed E-state index contributed by atoms with van der Waals surface area (Å²) in [7, 11) is 0. The number of alkyl halides is 3. The molecule has 3 nitrogen and oxygen atoms in total. The molecule has 0 saturated carbocycles. The number of piperidine rings is 1. The lowest BCUT2D eigenvalue weighted by atomic mass is 9.79. The van der Waals surface area contributed by atoms with Gasteiger partial charge in [0.15, 0.2) is 0 Å². The van der Waals surface area contributed by atoms with E-state index >= 15 is 0 Å². The second-order valence-electron chi connectivity index (χ2n) is 7.45. The molecule has 0 aliphatic carbocycles. The number of likely N-dealkylation sites (tertiary alicyclic amines) is 1. The summed E-state index contributed by atoms with van der Waals surface area (Å²) < 4.78 is 38.4. The van der Waals surface area contributed by atoms with Crippen molar-refractivity contribution < 1.29 is 18.0 Å². The molecule has 142 valence electrons. The van der Waals surface area contributed by atoms with Crippen molar-refractivity contribution in [3.63, 3.8) is 0 Å². The fourth-order valence-electron chi connectivity index (χ4n) is 3.19. The third kappa shape index (κ3) is 5.35. The first-order chi connectivity index (χ1) is 11.0. The Morgan fingerprint density at radius 3 is 2.60 bits per heavy atom.